The molecular weight excluding hydrogens is 312 g/mol. The first-order chi connectivity index (χ1) is 10.6. The summed E-state index contributed by atoms with van der Waals surface area (Å²) in [4.78, 5) is 25.3. The van der Waals surface area contributed by atoms with E-state index in [0.29, 0.717) is 11.3 Å². The van der Waals surface area contributed by atoms with Gasteiger partial charge in [-0.05, 0) is 29.2 Å². The van der Waals surface area contributed by atoms with Gasteiger partial charge in [0.25, 0.3) is 5.91 Å². The zero-order chi connectivity index (χ0) is 17.6. The minimum atomic E-state index is -0.626. The SMILES string of the molecule is CC(C)C(NC(=O)c1cccs1)C(=O)NC(CO)CC(C)(C)C. The molecule has 0 fully saturated rings. The summed E-state index contributed by atoms with van der Waals surface area (Å²) < 4.78 is 0. The fraction of sp³-hybridized carbons (Fsp3) is 0.647. The third-order valence-corrected chi connectivity index (χ3v) is 4.27. The minimum Gasteiger partial charge on any atom is -0.394 e. The maximum Gasteiger partial charge on any atom is 0.262 e. The third-order valence-electron chi connectivity index (χ3n) is 3.41. The Bertz CT molecular complexity index is 506. The van der Waals surface area contributed by atoms with E-state index in [1.165, 1.54) is 11.3 Å². The van der Waals surface area contributed by atoms with Gasteiger partial charge >= 0.3 is 0 Å². The van der Waals surface area contributed by atoms with Gasteiger partial charge in [-0.1, -0.05) is 40.7 Å². The summed E-state index contributed by atoms with van der Waals surface area (Å²) in [6.45, 7) is 9.82. The summed E-state index contributed by atoms with van der Waals surface area (Å²) >= 11 is 1.34. The smallest absolute Gasteiger partial charge is 0.262 e. The zero-order valence-electron chi connectivity index (χ0n) is 14.6. The highest BCUT2D eigenvalue weighted by molar-refractivity contribution is 7.12. The Balaban J connectivity index is 2.72. The zero-order valence-corrected chi connectivity index (χ0v) is 15.4. The second-order valence-corrected chi connectivity index (χ2v) is 8.27. The van der Waals surface area contributed by atoms with Crippen LogP contribution >= 0.6 is 11.3 Å². The van der Waals surface area contributed by atoms with Crippen LogP contribution in [0.5, 0.6) is 0 Å². The van der Waals surface area contributed by atoms with Gasteiger partial charge in [0.05, 0.1) is 17.5 Å². The van der Waals surface area contributed by atoms with Gasteiger partial charge in [0, 0.05) is 0 Å². The molecule has 130 valence electrons. The number of nitrogens with one attached hydrogen (secondary N) is 2. The number of rotatable bonds is 7. The van der Waals surface area contributed by atoms with Crippen LogP contribution in [0.4, 0.5) is 0 Å². The molecule has 0 bridgehead atoms. The van der Waals surface area contributed by atoms with Gasteiger partial charge in [-0.15, -0.1) is 11.3 Å². The molecule has 1 aromatic heterocycles. The first-order valence-electron chi connectivity index (χ1n) is 7.89. The third kappa shape index (κ3) is 6.71. The number of aliphatic hydroxyl groups is 1. The van der Waals surface area contributed by atoms with E-state index in [-0.39, 0.29) is 35.8 Å². The van der Waals surface area contributed by atoms with E-state index in [4.69, 9.17) is 0 Å². The van der Waals surface area contributed by atoms with Crippen molar-refractivity contribution in [1.29, 1.82) is 0 Å². The van der Waals surface area contributed by atoms with Gasteiger partial charge in [-0.25, -0.2) is 0 Å². The Morgan fingerprint density at radius 3 is 2.35 bits per heavy atom. The lowest BCUT2D eigenvalue weighted by Gasteiger charge is -2.28. The van der Waals surface area contributed by atoms with Crippen LogP contribution in [0.25, 0.3) is 0 Å². The van der Waals surface area contributed by atoms with E-state index < -0.39 is 6.04 Å². The van der Waals surface area contributed by atoms with Crippen molar-refractivity contribution in [2.75, 3.05) is 6.61 Å². The molecule has 2 atom stereocenters. The summed E-state index contributed by atoms with van der Waals surface area (Å²) in [6.07, 6.45) is 0.666. The van der Waals surface area contributed by atoms with Crippen molar-refractivity contribution in [2.24, 2.45) is 11.3 Å². The molecule has 3 N–H and O–H groups in total. The number of hydrogen-bond acceptors (Lipinski definition) is 4. The first-order valence-corrected chi connectivity index (χ1v) is 8.77. The number of aliphatic hydroxyl groups excluding tert-OH is 1. The number of carbonyl (C=O) groups is 2. The molecule has 0 saturated carbocycles. The summed E-state index contributed by atoms with van der Waals surface area (Å²) in [5.41, 5.74) is -0.00573. The Morgan fingerprint density at radius 2 is 1.91 bits per heavy atom. The van der Waals surface area contributed by atoms with Crippen LogP contribution in [-0.4, -0.2) is 35.6 Å². The molecule has 0 aliphatic carbocycles. The van der Waals surface area contributed by atoms with Gasteiger partial charge in [0.15, 0.2) is 0 Å². The minimum absolute atomic E-state index is 0.00573. The normalized spacial score (nSPS) is 14.4. The summed E-state index contributed by atoms with van der Waals surface area (Å²) in [5.74, 6) is -0.550. The molecule has 2 amide bonds. The molecule has 1 heterocycles. The van der Waals surface area contributed by atoms with Crippen molar-refractivity contribution < 1.29 is 14.7 Å². The quantitative estimate of drug-likeness (QED) is 0.713. The van der Waals surface area contributed by atoms with Crippen LogP contribution in [0.3, 0.4) is 0 Å². The molecule has 0 aliphatic rings. The van der Waals surface area contributed by atoms with Crippen LogP contribution in [-0.2, 0) is 4.79 Å². The van der Waals surface area contributed by atoms with Crippen molar-refractivity contribution in [2.45, 2.75) is 53.1 Å². The van der Waals surface area contributed by atoms with Crippen molar-refractivity contribution in [3.8, 4) is 0 Å². The topological polar surface area (TPSA) is 78.4 Å². The lowest BCUT2D eigenvalue weighted by molar-refractivity contribution is -0.125. The second kappa shape index (κ2) is 8.45. The molecule has 1 aromatic rings. The van der Waals surface area contributed by atoms with Gasteiger partial charge < -0.3 is 15.7 Å². The number of carbonyl (C=O) groups excluding carboxylic acids is 2. The van der Waals surface area contributed by atoms with E-state index in [1.807, 2.05) is 19.2 Å². The maximum absolute atomic E-state index is 12.5. The van der Waals surface area contributed by atoms with Crippen LogP contribution in [0.15, 0.2) is 17.5 Å². The fourth-order valence-corrected chi connectivity index (χ4v) is 2.97. The van der Waals surface area contributed by atoms with Gasteiger partial charge in [0.1, 0.15) is 6.04 Å². The van der Waals surface area contributed by atoms with E-state index in [9.17, 15) is 14.7 Å². The number of hydrogen-bond donors (Lipinski definition) is 3. The Morgan fingerprint density at radius 1 is 1.26 bits per heavy atom. The largest absolute Gasteiger partial charge is 0.394 e. The molecule has 0 saturated heterocycles. The lowest BCUT2D eigenvalue weighted by Crippen LogP contribution is -2.53. The molecule has 0 spiro atoms. The van der Waals surface area contributed by atoms with Crippen LogP contribution in [0.1, 0.15) is 50.7 Å². The van der Waals surface area contributed by atoms with Gasteiger partial charge in [-0.3, -0.25) is 9.59 Å². The lowest BCUT2D eigenvalue weighted by atomic mass is 9.88. The van der Waals surface area contributed by atoms with Gasteiger partial charge in [0.2, 0.25) is 5.91 Å². The molecule has 0 aliphatic heterocycles. The van der Waals surface area contributed by atoms with Crippen molar-refractivity contribution >= 4 is 23.2 Å². The summed E-state index contributed by atoms with van der Waals surface area (Å²) in [6, 6.07) is 2.58. The first kappa shape index (κ1) is 19.6. The Labute approximate surface area is 142 Å². The second-order valence-electron chi connectivity index (χ2n) is 7.33. The van der Waals surface area contributed by atoms with Crippen LogP contribution < -0.4 is 10.6 Å². The van der Waals surface area contributed by atoms with Crippen molar-refractivity contribution in [3.63, 3.8) is 0 Å². The van der Waals surface area contributed by atoms with Crippen molar-refractivity contribution in [3.05, 3.63) is 22.4 Å². The average molecular weight is 340 g/mol. The fourth-order valence-electron chi connectivity index (χ4n) is 2.35. The molecule has 2 unspecified atom stereocenters. The predicted octanol–water partition coefficient (Wildman–Crippen LogP) is 2.42. The number of thiophene rings is 1. The molecule has 0 radical (unpaired) electrons. The Hall–Kier alpha value is -1.40. The summed E-state index contributed by atoms with van der Waals surface area (Å²) in [7, 11) is 0. The predicted molar refractivity (Wildman–Crippen MR) is 93.5 cm³/mol. The van der Waals surface area contributed by atoms with Crippen molar-refractivity contribution in [1.82, 2.24) is 10.6 Å². The standard InChI is InChI=1S/C17H28N2O3S/c1-11(2)14(19-15(21)13-7-6-8-23-13)16(22)18-12(10-20)9-17(3,4)5/h6-8,11-12,14,20H,9-10H2,1-5H3,(H,18,22)(H,19,21). The van der Waals surface area contributed by atoms with Gasteiger partial charge in [-0.2, -0.15) is 0 Å². The van der Waals surface area contributed by atoms with E-state index in [1.54, 1.807) is 12.1 Å². The maximum atomic E-state index is 12.5. The molecule has 1 rings (SSSR count). The highest BCUT2D eigenvalue weighted by atomic mass is 32.1. The summed E-state index contributed by atoms with van der Waals surface area (Å²) in [5, 5.41) is 17.0. The average Bonchev–Trinajstić information content (AvgIpc) is 2.95. The van der Waals surface area contributed by atoms with E-state index >= 15 is 0 Å². The molecule has 23 heavy (non-hydrogen) atoms. The van der Waals surface area contributed by atoms with E-state index in [0.717, 1.165) is 0 Å². The molecule has 0 aromatic carbocycles. The van der Waals surface area contributed by atoms with Crippen LogP contribution in [0.2, 0.25) is 0 Å². The van der Waals surface area contributed by atoms with E-state index in [2.05, 4.69) is 31.4 Å². The highest BCUT2D eigenvalue weighted by Crippen LogP contribution is 2.21. The van der Waals surface area contributed by atoms with Crippen LogP contribution in [0, 0.1) is 11.3 Å². The molecular formula is C17H28N2O3S. The highest BCUT2D eigenvalue weighted by Gasteiger charge is 2.28. The molecule has 5 nitrogen and oxygen atoms in total. The Kier molecular flexibility index (Phi) is 7.22. The monoisotopic (exact) mass is 340 g/mol. The number of amides is 2. The molecule has 6 heteroatoms.